The van der Waals surface area contributed by atoms with E-state index in [9.17, 15) is 18.0 Å². The summed E-state index contributed by atoms with van der Waals surface area (Å²) >= 11 is 1.14. The lowest BCUT2D eigenvalue weighted by Gasteiger charge is -2.17. The molecule has 1 aliphatic rings. The van der Waals surface area contributed by atoms with E-state index in [1.165, 1.54) is 6.07 Å². The van der Waals surface area contributed by atoms with Crippen LogP contribution >= 0.6 is 11.8 Å². The predicted molar refractivity (Wildman–Crippen MR) is 78.9 cm³/mol. The normalized spacial score (nSPS) is 16.1. The molecule has 1 aromatic rings. The minimum Gasteiger partial charge on any atom is -0.370 e. The number of aryl methyl sites for hydroxylation is 1. The fourth-order valence-electron chi connectivity index (χ4n) is 1.93. The van der Waals surface area contributed by atoms with Gasteiger partial charge in [0.25, 0.3) is 11.0 Å². The minimum atomic E-state index is -4.05. The van der Waals surface area contributed by atoms with Crippen LogP contribution in [0, 0.1) is 0 Å². The number of nitrogens with zero attached hydrogens (tertiary/aromatic N) is 1. The largest absolute Gasteiger partial charge is 0.370 e. The smallest absolute Gasteiger partial charge is 0.280 e. The molecule has 0 saturated carbocycles. The number of carbonyl (C=O) groups is 2. The Morgan fingerprint density at radius 1 is 1.38 bits per heavy atom. The summed E-state index contributed by atoms with van der Waals surface area (Å²) < 4.78 is 24.1. The number of hydrogen-bond acceptors (Lipinski definition) is 5. The Morgan fingerprint density at radius 3 is 2.62 bits per heavy atom. The van der Waals surface area contributed by atoms with Crippen molar-refractivity contribution in [3.05, 3.63) is 23.3 Å². The molecule has 4 N–H and O–H groups in total. The first-order valence-corrected chi connectivity index (χ1v) is 8.45. The molecule has 21 heavy (non-hydrogen) atoms. The van der Waals surface area contributed by atoms with E-state index < -0.39 is 26.8 Å². The SMILES string of the molecule is CCc1cc2c(cc1C(=O)N=C(N)N)S(=O)(=O)C(=O)CS2. The molecule has 0 fully saturated rings. The van der Waals surface area contributed by atoms with Crippen molar-refractivity contribution in [2.24, 2.45) is 16.5 Å². The third kappa shape index (κ3) is 2.79. The van der Waals surface area contributed by atoms with Crippen LogP contribution in [0.1, 0.15) is 22.8 Å². The van der Waals surface area contributed by atoms with Crippen LogP contribution in [0.25, 0.3) is 0 Å². The maximum atomic E-state index is 12.0. The Labute approximate surface area is 125 Å². The number of amides is 1. The number of thioether (sulfide) groups is 1. The molecule has 1 heterocycles. The highest BCUT2D eigenvalue weighted by atomic mass is 32.2. The minimum absolute atomic E-state index is 0.0866. The first-order valence-electron chi connectivity index (χ1n) is 5.99. The van der Waals surface area contributed by atoms with Crippen LogP contribution in [0.5, 0.6) is 0 Å². The van der Waals surface area contributed by atoms with E-state index in [0.29, 0.717) is 16.9 Å². The van der Waals surface area contributed by atoms with E-state index in [4.69, 9.17) is 11.5 Å². The van der Waals surface area contributed by atoms with E-state index in [2.05, 4.69) is 4.99 Å². The number of hydrogen-bond donors (Lipinski definition) is 2. The number of guanidine groups is 1. The molecule has 0 aromatic heterocycles. The van der Waals surface area contributed by atoms with E-state index in [1.54, 1.807) is 6.07 Å². The predicted octanol–water partition coefficient (Wildman–Crippen LogP) is 0.0686. The number of sulfone groups is 1. The zero-order valence-corrected chi connectivity index (χ0v) is 12.8. The molecule has 0 radical (unpaired) electrons. The highest BCUT2D eigenvalue weighted by Gasteiger charge is 2.34. The molecule has 0 bridgehead atoms. The number of aliphatic imine (C=N–C) groups is 1. The summed E-state index contributed by atoms with van der Waals surface area (Å²) in [7, 11) is -4.05. The number of fused-ring (bicyclic) bond motifs is 1. The van der Waals surface area contributed by atoms with Crippen molar-refractivity contribution in [2.45, 2.75) is 23.1 Å². The lowest BCUT2D eigenvalue weighted by molar-refractivity contribution is -0.109. The van der Waals surface area contributed by atoms with Crippen molar-refractivity contribution >= 4 is 38.6 Å². The summed E-state index contributed by atoms with van der Waals surface area (Å²) in [5, 5.41) is -0.871. The Morgan fingerprint density at radius 2 is 2.05 bits per heavy atom. The second kappa shape index (κ2) is 5.49. The zero-order chi connectivity index (χ0) is 15.8. The van der Waals surface area contributed by atoms with Gasteiger partial charge in [-0.15, -0.1) is 11.8 Å². The van der Waals surface area contributed by atoms with Gasteiger partial charge in [0, 0.05) is 10.5 Å². The molecule has 1 amide bonds. The molecule has 7 nitrogen and oxygen atoms in total. The fourth-order valence-corrected chi connectivity index (χ4v) is 4.78. The third-order valence-electron chi connectivity index (χ3n) is 2.95. The van der Waals surface area contributed by atoms with Gasteiger partial charge in [-0.25, -0.2) is 8.42 Å². The lowest BCUT2D eigenvalue weighted by Crippen LogP contribution is -2.25. The number of carbonyl (C=O) groups excluding carboxylic acids is 2. The molecule has 0 unspecified atom stereocenters. The summed E-state index contributed by atoms with van der Waals surface area (Å²) in [5.41, 5.74) is 11.0. The summed E-state index contributed by atoms with van der Waals surface area (Å²) in [5.74, 6) is -1.26. The van der Waals surface area contributed by atoms with E-state index in [-0.39, 0.29) is 16.2 Å². The highest BCUT2D eigenvalue weighted by molar-refractivity contribution is 8.12. The molecule has 0 atom stereocenters. The quantitative estimate of drug-likeness (QED) is 0.580. The molecule has 1 aromatic carbocycles. The van der Waals surface area contributed by atoms with Crippen LogP contribution in [0.4, 0.5) is 0 Å². The first kappa shape index (κ1) is 15.5. The Bertz CT molecular complexity index is 765. The zero-order valence-electron chi connectivity index (χ0n) is 11.1. The summed E-state index contributed by atoms with van der Waals surface area (Å²) in [4.78, 5) is 27.2. The average molecular weight is 327 g/mol. The van der Waals surface area contributed by atoms with Gasteiger partial charge >= 0.3 is 0 Å². The van der Waals surface area contributed by atoms with E-state index in [1.807, 2.05) is 6.92 Å². The topological polar surface area (TPSA) is 133 Å². The highest BCUT2D eigenvalue weighted by Crippen LogP contribution is 2.36. The van der Waals surface area contributed by atoms with E-state index >= 15 is 0 Å². The van der Waals surface area contributed by atoms with Crippen LogP contribution < -0.4 is 11.5 Å². The Hall–Kier alpha value is -1.87. The molecular weight excluding hydrogens is 314 g/mol. The summed E-state index contributed by atoms with van der Waals surface area (Å²) in [6, 6.07) is 2.78. The van der Waals surface area contributed by atoms with E-state index in [0.717, 1.165) is 11.8 Å². The summed E-state index contributed by atoms with van der Waals surface area (Å²) in [6.07, 6.45) is 0.503. The lowest BCUT2D eigenvalue weighted by atomic mass is 10.0. The Balaban J connectivity index is 2.69. The van der Waals surface area contributed by atoms with Gasteiger partial charge < -0.3 is 11.5 Å². The fraction of sp³-hybridized carbons (Fsp3) is 0.250. The van der Waals surface area contributed by atoms with Gasteiger partial charge in [-0.1, -0.05) is 6.92 Å². The Kier molecular flexibility index (Phi) is 4.06. The van der Waals surface area contributed by atoms with Crippen LogP contribution in [-0.4, -0.2) is 31.2 Å². The molecule has 0 aliphatic carbocycles. The van der Waals surface area contributed by atoms with Crippen molar-refractivity contribution in [3.8, 4) is 0 Å². The van der Waals surface area contributed by atoms with Crippen LogP contribution in [-0.2, 0) is 21.1 Å². The average Bonchev–Trinajstić information content (AvgIpc) is 2.41. The standard InChI is InChI=1S/C12H13N3O4S2/c1-2-6-3-8-9(21(18,19)10(16)5-20-8)4-7(6)11(17)15-12(13)14/h3-4H,2,5H2,1H3,(H4,13,14,15,17). The van der Waals surface area contributed by atoms with Crippen LogP contribution in [0.2, 0.25) is 0 Å². The van der Waals surface area contributed by atoms with Gasteiger partial charge in [0.1, 0.15) is 0 Å². The molecule has 0 saturated heterocycles. The second-order valence-corrected chi connectivity index (χ2v) is 7.23. The maximum Gasteiger partial charge on any atom is 0.280 e. The number of rotatable bonds is 2. The molecular formula is C12H13N3O4S2. The van der Waals surface area contributed by atoms with Crippen molar-refractivity contribution in [3.63, 3.8) is 0 Å². The monoisotopic (exact) mass is 327 g/mol. The van der Waals surface area contributed by atoms with Crippen LogP contribution in [0.3, 0.4) is 0 Å². The van der Waals surface area contributed by atoms with Gasteiger partial charge in [0.15, 0.2) is 5.96 Å². The molecule has 0 spiro atoms. The second-order valence-electron chi connectivity index (χ2n) is 4.32. The van der Waals surface area contributed by atoms with Crippen LogP contribution in [0.15, 0.2) is 26.9 Å². The van der Waals surface area contributed by atoms with Crippen molar-refractivity contribution in [1.29, 1.82) is 0 Å². The molecule has 2 rings (SSSR count). The molecule has 1 aliphatic heterocycles. The van der Waals surface area contributed by atoms with Gasteiger partial charge in [0.05, 0.1) is 10.6 Å². The van der Waals surface area contributed by atoms with Crippen molar-refractivity contribution < 1.29 is 18.0 Å². The molecule has 9 heteroatoms. The number of nitrogens with two attached hydrogens (primary N) is 2. The maximum absolute atomic E-state index is 12.0. The number of benzene rings is 1. The first-order chi connectivity index (χ1) is 9.77. The van der Waals surface area contributed by atoms with Crippen molar-refractivity contribution in [1.82, 2.24) is 0 Å². The van der Waals surface area contributed by atoms with Gasteiger partial charge in [-0.05, 0) is 24.1 Å². The molecule has 112 valence electrons. The van der Waals surface area contributed by atoms with Crippen molar-refractivity contribution in [2.75, 3.05) is 5.75 Å². The van der Waals surface area contributed by atoms with Gasteiger partial charge in [-0.2, -0.15) is 4.99 Å². The van der Waals surface area contributed by atoms with Gasteiger partial charge in [-0.3, -0.25) is 9.59 Å². The van der Waals surface area contributed by atoms with Gasteiger partial charge in [0.2, 0.25) is 9.84 Å². The summed E-state index contributed by atoms with van der Waals surface area (Å²) in [6.45, 7) is 1.82. The third-order valence-corrected chi connectivity index (χ3v) is 5.97.